The third kappa shape index (κ3) is 2.97. The van der Waals surface area contributed by atoms with E-state index in [2.05, 4.69) is 45.1 Å². The van der Waals surface area contributed by atoms with Gasteiger partial charge < -0.3 is 15.4 Å². The summed E-state index contributed by atoms with van der Waals surface area (Å²) in [6.45, 7) is 3.39. The molecule has 0 amide bonds. The van der Waals surface area contributed by atoms with E-state index in [-0.39, 0.29) is 6.10 Å². The molecule has 0 radical (unpaired) electrons. The van der Waals surface area contributed by atoms with Gasteiger partial charge in [-0.1, -0.05) is 15.9 Å². The fourth-order valence-corrected chi connectivity index (χ4v) is 2.23. The molecule has 0 aliphatic carbocycles. The Balaban J connectivity index is 2.01. The van der Waals surface area contributed by atoms with E-state index in [1.165, 1.54) is 5.69 Å². The van der Waals surface area contributed by atoms with Crippen molar-refractivity contribution in [2.45, 2.75) is 12.5 Å². The second kappa shape index (κ2) is 5.66. The molecule has 1 aliphatic rings. The predicted octanol–water partition coefficient (Wildman–Crippen LogP) is 2.00. The highest BCUT2D eigenvalue weighted by atomic mass is 79.9. The fraction of sp³-hybridized carbons (Fsp3) is 0.500. The van der Waals surface area contributed by atoms with Gasteiger partial charge >= 0.3 is 0 Å². The molecule has 1 saturated heterocycles. The van der Waals surface area contributed by atoms with Gasteiger partial charge in [0.25, 0.3) is 0 Å². The number of hydrogen-bond acceptors (Lipinski definition) is 3. The van der Waals surface area contributed by atoms with Crippen molar-refractivity contribution in [2.24, 2.45) is 5.73 Å². The molecule has 0 spiro atoms. The van der Waals surface area contributed by atoms with Crippen LogP contribution < -0.4 is 10.6 Å². The van der Waals surface area contributed by atoms with Crippen molar-refractivity contribution in [3.8, 4) is 0 Å². The van der Waals surface area contributed by atoms with E-state index in [1.54, 1.807) is 0 Å². The minimum Gasteiger partial charge on any atom is -0.374 e. The third-order valence-corrected chi connectivity index (χ3v) is 3.35. The van der Waals surface area contributed by atoms with E-state index in [0.29, 0.717) is 6.54 Å². The molecule has 0 aromatic heterocycles. The van der Waals surface area contributed by atoms with Crippen LogP contribution in [0.2, 0.25) is 0 Å². The van der Waals surface area contributed by atoms with Crippen molar-refractivity contribution in [2.75, 3.05) is 31.1 Å². The van der Waals surface area contributed by atoms with Crippen LogP contribution >= 0.6 is 15.9 Å². The number of nitrogens with two attached hydrogens (primary N) is 1. The van der Waals surface area contributed by atoms with Gasteiger partial charge in [0.2, 0.25) is 0 Å². The normalized spacial score (nSPS) is 21.1. The Hall–Kier alpha value is -0.580. The van der Waals surface area contributed by atoms with Crippen molar-refractivity contribution in [3.63, 3.8) is 0 Å². The number of ether oxygens (including phenoxy) is 1. The van der Waals surface area contributed by atoms with Crippen LogP contribution in [0.1, 0.15) is 6.42 Å². The van der Waals surface area contributed by atoms with E-state index in [9.17, 15) is 0 Å². The maximum atomic E-state index is 5.66. The Kier molecular flexibility index (Phi) is 4.21. The van der Waals surface area contributed by atoms with Gasteiger partial charge in [0.1, 0.15) is 0 Å². The minimum atomic E-state index is 0.280. The number of benzene rings is 1. The van der Waals surface area contributed by atoms with Crippen molar-refractivity contribution in [1.82, 2.24) is 0 Å². The fourth-order valence-electron chi connectivity index (χ4n) is 1.97. The van der Waals surface area contributed by atoms with E-state index < -0.39 is 0 Å². The molecule has 1 aromatic rings. The van der Waals surface area contributed by atoms with Crippen molar-refractivity contribution >= 4 is 21.6 Å². The molecule has 1 unspecified atom stereocenters. The molecular weight excluding hydrogens is 268 g/mol. The predicted molar refractivity (Wildman–Crippen MR) is 69.8 cm³/mol. The smallest absolute Gasteiger partial charge is 0.0762 e. The summed E-state index contributed by atoms with van der Waals surface area (Å²) in [5, 5.41) is 0. The summed E-state index contributed by atoms with van der Waals surface area (Å²) in [5.74, 6) is 0. The Labute approximate surface area is 105 Å². The quantitative estimate of drug-likeness (QED) is 0.923. The van der Waals surface area contributed by atoms with Crippen molar-refractivity contribution in [3.05, 3.63) is 28.7 Å². The van der Waals surface area contributed by atoms with Crippen LogP contribution in [0, 0.1) is 0 Å². The largest absolute Gasteiger partial charge is 0.374 e. The monoisotopic (exact) mass is 284 g/mol. The number of hydrogen-bond donors (Lipinski definition) is 1. The molecular formula is C12H17BrN2O. The molecule has 1 aliphatic heterocycles. The highest BCUT2D eigenvalue weighted by Crippen LogP contribution is 2.21. The molecule has 1 heterocycles. The number of nitrogens with zero attached hydrogens (tertiary/aromatic N) is 1. The molecule has 0 saturated carbocycles. The Morgan fingerprint density at radius 1 is 1.38 bits per heavy atom. The molecule has 1 atom stereocenters. The van der Waals surface area contributed by atoms with Gasteiger partial charge in [0, 0.05) is 23.2 Å². The topological polar surface area (TPSA) is 38.5 Å². The van der Waals surface area contributed by atoms with Crippen molar-refractivity contribution < 1.29 is 4.74 Å². The maximum Gasteiger partial charge on any atom is 0.0762 e. The summed E-state index contributed by atoms with van der Waals surface area (Å²) in [4.78, 5) is 2.36. The first-order valence-electron chi connectivity index (χ1n) is 5.62. The SMILES string of the molecule is NCCC1CN(c2ccc(Br)cc2)CCO1. The van der Waals surface area contributed by atoms with Crippen LogP contribution in [0.15, 0.2) is 28.7 Å². The van der Waals surface area contributed by atoms with Gasteiger partial charge in [-0.25, -0.2) is 0 Å². The summed E-state index contributed by atoms with van der Waals surface area (Å²) >= 11 is 3.45. The van der Waals surface area contributed by atoms with Crippen LogP contribution in [0.4, 0.5) is 5.69 Å². The van der Waals surface area contributed by atoms with Gasteiger partial charge in [-0.15, -0.1) is 0 Å². The second-order valence-electron chi connectivity index (χ2n) is 3.99. The summed E-state index contributed by atoms with van der Waals surface area (Å²) in [5.41, 5.74) is 6.82. The molecule has 2 rings (SSSR count). The first kappa shape index (κ1) is 11.9. The van der Waals surface area contributed by atoms with Crippen molar-refractivity contribution in [1.29, 1.82) is 0 Å². The number of halogens is 1. The lowest BCUT2D eigenvalue weighted by atomic mass is 10.2. The zero-order valence-corrected chi connectivity index (χ0v) is 10.8. The van der Waals surface area contributed by atoms with E-state index in [4.69, 9.17) is 10.5 Å². The highest BCUT2D eigenvalue weighted by molar-refractivity contribution is 9.10. The maximum absolute atomic E-state index is 5.66. The summed E-state index contributed by atoms with van der Waals surface area (Å²) in [6, 6.07) is 8.41. The van der Waals surface area contributed by atoms with Crippen LogP contribution in [0.3, 0.4) is 0 Å². The van der Waals surface area contributed by atoms with E-state index in [1.807, 2.05) is 0 Å². The van der Waals surface area contributed by atoms with Gasteiger partial charge in [-0.3, -0.25) is 0 Å². The molecule has 4 heteroatoms. The number of morpholine rings is 1. The van der Waals surface area contributed by atoms with Gasteiger partial charge in [0.05, 0.1) is 12.7 Å². The minimum absolute atomic E-state index is 0.280. The van der Waals surface area contributed by atoms with E-state index >= 15 is 0 Å². The first-order chi connectivity index (χ1) is 7.79. The molecule has 1 aromatic carbocycles. The molecule has 1 fully saturated rings. The molecule has 16 heavy (non-hydrogen) atoms. The van der Waals surface area contributed by atoms with Gasteiger partial charge in [0.15, 0.2) is 0 Å². The summed E-state index contributed by atoms with van der Waals surface area (Å²) in [6.07, 6.45) is 1.22. The lowest BCUT2D eigenvalue weighted by Crippen LogP contribution is -2.43. The average Bonchev–Trinajstić information content (AvgIpc) is 2.31. The number of anilines is 1. The summed E-state index contributed by atoms with van der Waals surface area (Å²) in [7, 11) is 0. The summed E-state index contributed by atoms with van der Waals surface area (Å²) < 4.78 is 6.78. The van der Waals surface area contributed by atoms with Crippen LogP contribution in [-0.2, 0) is 4.74 Å². The van der Waals surface area contributed by atoms with Crippen LogP contribution in [0.5, 0.6) is 0 Å². The molecule has 0 bridgehead atoms. The van der Waals surface area contributed by atoms with Crippen LogP contribution in [-0.4, -0.2) is 32.3 Å². The third-order valence-electron chi connectivity index (χ3n) is 2.82. The zero-order chi connectivity index (χ0) is 11.4. The second-order valence-corrected chi connectivity index (χ2v) is 4.91. The van der Waals surface area contributed by atoms with Gasteiger partial charge in [-0.2, -0.15) is 0 Å². The lowest BCUT2D eigenvalue weighted by Gasteiger charge is -2.34. The van der Waals surface area contributed by atoms with E-state index in [0.717, 1.165) is 30.6 Å². The van der Waals surface area contributed by atoms with Gasteiger partial charge in [-0.05, 0) is 37.2 Å². The number of rotatable bonds is 3. The average molecular weight is 285 g/mol. The zero-order valence-electron chi connectivity index (χ0n) is 9.23. The van der Waals surface area contributed by atoms with Crippen LogP contribution in [0.25, 0.3) is 0 Å². The highest BCUT2D eigenvalue weighted by Gasteiger charge is 2.19. The lowest BCUT2D eigenvalue weighted by molar-refractivity contribution is 0.0369. The molecule has 3 nitrogen and oxygen atoms in total. The molecule has 2 N–H and O–H groups in total. The first-order valence-corrected chi connectivity index (χ1v) is 6.41. The Bertz CT molecular complexity index is 326. The Morgan fingerprint density at radius 2 is 2.12 bits per heavy atom. The Morgan fingerprint density at radius 3 is 2.81 bits per heavy atom. The standard InChI is InChI=1S/C12H17BrN2O/c13-10-1-3-11(4-2-10)15-7-8-16-12(9-15)5-6-14/h1-4,12H,5-9,14H2. The molecule has 88 valence electrons.